The van der Waals surface area contributed by atoms with Crippen molar-refractivity contribution in [3.63, 3.8) is 0 Å². The molecule has 0 bridgehead atoms. The first-order chi connectivity index (χ1) is 10.0. The molecule has 2 rings (SSSR count). The number of halogens is 2. The van der Waals surface area contributed by atoms with Crippen LogP contribution in [0.1, 0.15) is 22.8 Å². The molecule has 0 aliphatic heterocycles. The highest BCUT2D eigenvalue weighted by atomic mass is 79.9. The monoisotopic (exact) mass is 350 g/mol. The van der Waals surface area contributed by atoms with Gasteiger partial charge >= 0.3 is 0 Å². The number of nitrogens with zero attached hydrogens (tertiary/aromatic N) is 1. The van der Waals surface area contributed by atoms with Crippen molar-refractivity contribution in [2.45, 2.75) is 6.92 Å². The van der Waals surface area contributed by atoms with Crippen LogP contribution in [0.3, 0.4) is 0 Å². The molecule has 0 atom stereocenters. The van der Waals surface area contributed by atoms with E-state index in [0.717, 1.165) is 5.56 Å². The number of rotatable bonds is 3. The van der Waals surface area contributed by atoms with Crippen molar-refractivity contribution in [2.75, 3.05) is 5.32 Å². The van der Waals surface area contributed by atoms with Crippen molar-refractivity contribution in [3.05, 3.63) is 63.9 Å². The van der Waals surface area contributed by atoms with Crippen molar-refractivity contribution < 1.29 is 14.4 Å². The van der Waals surface area contributed by atoms with E-state index < -0.39 is 11.7 Å². The molecular formula is C15H12BrFN2O2. The molecule has 0 saturated carbocycles. The van der Waals surface area contributed by atoms with Crippen molar-refractivity contribution >= 4 is 33.2 Å². The van der Waals surface area contributed by atoms with E-state index >= 15 is 0 Å². The molecule has 0 radical (unpaired) electrons. The summed E-state index contributed by atoms with van der Waals surface area (Å²) >= 11 is 3.14. The number of hydrogen-bond acceptors (Lipinski definition) is 3. The Labute approximate surface area is 129 Å². The average Bonchev–Trinajstić information content (AvgIpc) is 2.47. The molecule has 0 saturated heterocycles. The smallest absolute Gasteiger partial charge is 0.258 e. The molecular weight excluding hydrogens is 339 g/mol. The van der Waals surface area contributed by atoms with Crippen LogP contribution >= 0.6 is 15.9 Å². The summed E-state index contributed by atoms with van der Waals surface area (Å²) in [7, 11) is 0. The van der Waals surface area contributed by atoms with Gasteiger partial charge < -0.3 is 10.5 Å². The fourth-order valence-electron chi connectivity index (χ4n) is 1.72. The Morgan fingerprint density at radius 2 is 1.90 bits per heavy atom. The molecule has 2 N–H and O–H groups in total. The fraction of sp³-hybridized carbons (Fsp3) is 0.0667. The van der Waals surface area contributed by atoms with Gasteiger partial charge in [-0.2, -0.15) is 0 Å². The zero-order valence-electron chi connectivity index (χ0n) is 11.1. The SMILES string of the molecule is C/C(=N\O)c1ccc(NC(=O)c2ccc(Br)cc2F)cc1. The van der Waals surface area contributed by atoms with Crippen molar-refractivity contribution in [2.24, 2.45) is 5.16 Å². The van der Waals surface area contributed by atoms with Crippen LogP contribution in [-0.4, -0.2) is 16.8 Å². The van der Waals surface area contributed by atoms with Gasteiger partial charge in [0.15, 0.2) is 0 Å². The van der Waals surface area contributed by atoms with E-state index in [4.69, 9.17) is 5.21 Å². The number of oxime groups is 1. The first-order valence-corrected chi connectivity index (χ1v) is 6.86. The Morgan fingerprint density at radius 3 is 2.48 bits per heavy atom. The predicted molar refractivity (Wildman–Crippen MR) is 82.5 cm³/mol. The number of nitrogens with one attached hydrogen (secondary N) is 1. The number of carbonyl (C=O) groups is 1. The van der Waals surface area contributed by atoms with Crippen LogP contribution in [0, 0.1) is 5.82 Å². The van der Waals surface area contributed by atoms with Crippen molar-refractivity contribution in [1.82, 2.24) is 0 Å². The number of anilines is 1. The van der Waals surface area contributed by atoms with Gasteiger partial charge in [-0.3, -0.25) is 4.79 Å². The number of hydrogen-bond donors (Lipinski definition) is 2. The Morgan fingerprint density at radius 1 is 1.24 bits per heavy atom. The van der Waals surface area contributed by atoms with Crippen LogP contribution in [0.15, 0.2) is 52.1 Å². The van der Waals surface area contributed by atoms with Gasteiger partial charge in [-0.25, -0.2) is 4.39 Å². The van der Waals surface area contributed by atoms with Gasteiger partial charge in [0, 0.05) is 10.2 Å². The molecule has 2 aromatic rings. The molecule has 4 nitrogen and oxygen atoms in total. The second-order valence-corrected chi connectivity index (χ2v) is 5.26. The fourth-order valence-corrected chi connectivity index (χ4v) is 2.06. The van der Waals surface area contributed by atoms with Gasteiger partial charge in [-0.05, 0) is 42.8 Å². The summed E-state index contributed by atoms with van der Waals surface area (Å²) in [6.07, 6.45) is 0. The minimum Gasteiger partial charge on any atom is -0.411 e. The van der Waals surface area contributed by atoms with Crippen molar-refractivity contribution in [3.8, 4) is 0 Å². The summed E-state index contributed by atoms with van der Waals surface area (Å²) in [5.41, 5.74) is 1.68. The van der Waals surface area contributed by atoms with Gasteiger partial charge in [0.2, 0.25) is 0 Å². The quantitative estimate of drug-likeness (QED) is 0.498. The van der Waals surface area contributed by atoms with Crippen LogP contribution in [0.4, 0.5) is 10.1 Å². The lowest BCUT2D eigenvalue weighted by Gasteiger charge is -2.07. The third kappa shape index (κ3) is 3.66. The summed E-state index contributed by atoms with van der Waals surface area (Å²) in [4.78, 5) is 12.0. The summed E-state index contributed by atoms with van der Waals surface area (Å²) < 4.78 is 14.3. The maximum Gasteiger partial charge on any atom is 0.258 e. The third-order valence-electron chi connectivity index (χ3n) is 2.89. The molecule has 0 aliphatic carbocycles. The molecule has 0 heterocycles. The molecule has 0 aliphatic rings. The lowest BCUT2D eigenvalue weighted by atomic mass is 10.1. The van der Waals surface area contributed by atoms with Crippen molar-refractivity contribution in [1.29, 1.82) is 0 Å². The first kappa shape index (κ1) is 15.2. The summed E-state index contributed by atoms with van der Waals surface area (Å²) in [6, 6.07) is 10.9. The van der Waals surface area contributed by atoms with Gasteiger partial charge in [0.25, 0.3) is 5.91 Å². The molecule has 0 fully saturated rings. The molecule has 2 aromatic carbocycles. The Hall–Kier alpha value is -2.21. The molecule has 0 unspecified atom stereocenters. The van der Waals surface area contributed by atoms with Gasteiger partial charge in [0.05, 0.1) is 11.3 Å². The average molecular weight is 351 g/mol. The largest absolute Gasteiger partial charge is 0.411 e. The van der Waals surface area contributed by atoms with E-state index in [2.05, 4.69) is 26.4 Å². The molecule has 6 heteroatoms. The third-order valence-corrected chi connectivity index (χ3v) is 3.38. The standard InChI is InChI=1S/C15H12BrFN2O2/c1-9(19-21)10-2-5-12(6-3-10)18-15(20)13-7-4-11(16)8-14(13)17/h2-8,21H,1H3,(H,18,20)/b19-9+. The minimum atomic E-state index is -0.596. The van der Waals surface area contributed by atoms with Crippen LogP contribution < -0.4 is 5.32 Å². The summed E-state index contributed by atoms with van der Waals surface area (Å²) in [5, 5.41) is 14.4. The molecule has 108 valence electrons. The number of amides is 1. The van der Waals surface area contributed by atoms with E-state index in [0.29, 0.717) is 15.9 Å². The highest BCUT2D eigenvalue weighted by Gasteiger charge is 2.12. The molecule has 0 aromatic heterocycles. The molecule has 21 heavy (non-hydrogen) atoms. The maximum absolute atomic E-state index is 13.7. The Kier molecular flexibility index (Phi) is 4.70. The molecule has 0 spiro atoms. The zero-order chi connectivity index (χ0) is 15.4. The normalized spacial score (nSPS) is 11.3. The highest BCUT2D eigenvalue weighted by molar-refractivity contribution is 9.10. The van der Waals surface area contributed by atoms with Crippen LogP contribution in [-0.2, 0) is 0 Å². The van der Waals surface area contributed by atoms with Crippen LogP contribution in [0.5, 0.6) is 0 Å². The number of carbonyl (C=O) groups excluding carboxylic acids is 1. The Balaban J connectivity index is 2.16. The highest BCUT2D eigenvalue weighted by Crippen LogP contribution is 2.17. The molecule has 1 amide bonds. The topological polar surface area (TPSA) is 61.7 Å². The van der Waals surface area contributed by atoms with Crippen LogP contribution in [0.2, 0.25) is 0 Å². The first-order valence-electron chi connectivity index (χ1n) is 6.07. The lowest BCUT2D eigenvalue weighted by molar-refractivity contribution is 0.102. The van der Waals surface area contributed by atoms with Gasteiger partial charge in [-0.1, -0.05) is 33.2 Å². The van der Waals surface area contributed by atoms with E-state index in [1.807, 2.05) is 0 Å². The van der Waals surface area contributed by atoms with Gasteiger partial charge in [-0.15, -0.1) is 0 Å². The number of benzene rings is 2. The van der Waals surface area contributed by atoms with E-state index in [1.54, 1.807) is 37.3 Å². The van der Waals surface area contributed by atoms with E-state index in [-0.39, 0.29) is 5.56 Å². The second kappa shape index (κ2) is 6.49. The zero-order valence-corrected chi connectivity index (χ0v) is 12.7. The summed E-state index contributed by atoms with van der Waals surface area (Å²) in [5.74, 6) is -1.12. The second-order valence-electron chi connectivity index (χ2n) is 4.34. The Bertz CT molecular complexity index is 699. The van der Waals surface area contributed by atoms with E-state index in [9.17, 15) is 9.18 Å². The summed E-state index contributed by atoms with van der Waals surface area (Å²) in [6.45, 7) is 1.66. The van der Waals surface area contributed by atoms with Crippen LogP contribution in [0.25, 0.3) is 0 Å². The predicted octanol–water partition coefficient (Wildman–Crippen LogP) is 4.04. The maximum atomic E-state index is 13.7. The van der Waals surface area contributed by atoms with Gasteiger partial charge in [0.1, 0.15) is 5.82 Å². The van der Waals surface area contributed by atoms with E-state index in [1.165, 1.54) is 12.1 Å². The lowest BCUT2D eigenvalue weighted by Crippen LogP contribution is -2.13. The minimum absolute atomic E-state index is 0.0321.